The Morgan fingerprint density at radius 2 is 2.18 bits per heavy atom. The highest BCUT2D eigenvalue weighted by atomic mass is 16.6. The minimum Gasteiger partial charge on any atom is -0.362 e. The summed E-state index contributed by atoms with van der Waals surface area (Å²) in [6, 6.07) is 0.357. The summed E-state index contributed by atoms with van der Waals surface area (Å²) in [4.78, 5) is 10.7. The average molecular weight is 238 g/mol. The van der Waals surface area contributed by atoms with Crippen molar-refractivity contribution in [3.05, 3.63) is 15.8 Å². The van der Waals surface area contributed by atoms with Gasteiger partial charge in [0.05, 0.1) is 4.92 Å². The lowest BCUT2D eigenvalue weighted by atomic mass is 10.2. The van der Waals surface area contributed by atoms with Crippen molar-refractivity contribution in [1.29, 1.82) is 0 Å². The van der Waals surface area contributed by atoms with Gasteiger partial charge < -0.3 is 5.32 Å². The van der Waals surface area contributed by atoms with E-state index in [4.69, 9.17) is 0 Å². The van der Waals surface area contributed by atoms with Gasteiger partial charge >= 0.3 is 5.69 Å². The smallest absolute Gasteiger partial charge is 0.333 e. The van der Waals surface area contributed by atoms with Crippen LogP contribution in [0.2, 0.25) is 0 Å². The zero-order valence-electron chi connectivity index (χ0n) is 10.3. The number of nitrogens with zero attached hydrogens (tertiary/aromatic N) is 3. The molecule has 0 amide bonds. The summed E-state index contributed by atoms with van der Waals surface area (Å²) in [5.74, 6) is 0.571. The molecule has 0 aliphatic heterocycles. The fraction of sp³-hybridized carbons (Fsp3) is 0.727. The maximum absolute atomic E-state index is 11.1. The Morgan fingerprint density at radius 3 is 2.71 bits per heavy atom. The topological polar surface area (TPSA) is 73.0 Å². The monoisotopic (exact) mass is 238 g/mol. The van der Waals surface area contributed by atoms with E-state index in [9.17, 15) is 10.1 Å². The van der Waals surface area contributed by atoms with E-state index >= 15 is 0 Å². The molecule has 2 rings (SSSR count). The highest BCUT2D eigenvalue weighted by Crippen LogP contribution is 2.31. The van der Waals surface area contributed by atoms with Crippen molar-refractivity contribution >= 4 is 11.5 Å². The van der Waals surface area contributed by atoms with E-state index in [0.717, 1.165) is 12.8 Å². The first-order chi connectivity index (χ1) is 8.13. The molecule has 0 atom stereocenters. The van der Waals surface area contributed by atoms with E-state index in [1.807, 2.05) is 6.92 Å². The van der Waals surface area contributed by atoms with Crippen LogP contribution in [0.1, 0.15) is 38.3 Å². The summed E-state index contributed by atoms with van der Waals surface area (Å²) in [5, 5.41) is 18.6. The lowest BCUT2D eigenvalue weighted by Crippen LogP contribution is -2.18. The molecule has 1 aliphatic rings. The zero-order chi connectivity index (χ0) is 12.4. The number of anilines is 1. The van der Waals surface area contributed by atoms with Crippen molar-refractivity contribution in [2.45, 2.75) is 52.1 Å². The first kappa shape index (κ1) is 11.9. The highest BCUT2D eigenvalue weighted by molar-refractivity contribution is 5.60. The maximum atomic E-state index is 11.1. The first-order valence-electron chi connectivity index (χ1n) is 6.11. The van der Waals surface area contributed by atoms with Crippen LogP contribution in [0.4, 0.5) is 11.5 Å². The highest BCUT2D eigenvalue weighted by Gasteiger charge is 2.27. The standard InChI is InChI=1S/C11H18N4O2/c1-3-14-11(12-9-6-4-5-7-9)10(15(16)17)8(2)13-14/h9,12H,3-7H2,1-2H3. The predicted octanol–water partition coefficient (Wildman–Crippen LogP) is 2.47. The molecule has 1 N–H and O–H groups in total. The van der Waals surface area contributed by atoms with Crippen LogP contribution in [0.5, 0.6) is 0 Å². The summed E-state index contributed by atoms with van der Waals surface area (Å²) < 4.78 is 1.69. The zero-order valence-corrected chi connectivity index (χ0v) is 10.3. The van der Waals surface area contributed by atoms with Crippen molar-refractivity contribution < 1.29 is 4.92 Å². The van der Waals surface area contributed by atoms with Gasteiger partial charge in [0.25, 0.3) is 0 Å². The summed E-state index contributed by atoms with van der Waals surface area (Å²) >= 11 is 0. The Bertz CT molecular complexity index is 421. The Hall–Kier alpha value is -1.59. The van der Waals surface area contributed by atoms with Crippen LogP contribution < -0.4 is 5.32 Å². The molecular weight excluding hydrogens is 220 g/mol. The molecule has 6 heteroatoms. The Kier molecular flexibility index (Phi) is 3.31. The second-order valence-electron chi connectivity index (χ2n) is 4.48. The van der Waals surface area contributed by atoms with Crippen LogP contribution in [0.25, 0.3) is 0 Å². The summed E-state index contributed by atoms with van der Waals surface area (Å²) in [6.07, 6.45) is 4.58. The Morgan fingerprint density at radius 1 is 1.53 bits per heavy atom. The number of nitro groups is 1. The van der Waals surface area contributed by atoms with E-state index in [-0.39, 0.29) is 10.6 Å². The fourth-order valence-corrected chi connectivity index (χ4v) is 2.43. The van der Waals surface area contributed by atoms with Gasteiger partial charge in [0.1, 0.15) is 5.69 Å². The number of aryl methyl sites for hydroxylation is 2. The number of aromatic nitrogens is 2. The fourth-order valence-electron chi connectivity index (χ4n) is 2.43. The summed E-state index contributed by atoms with van der Waals surface area (Å²) in [7, 11) is 0. The van der Waals surface area contributed by atoms with E-state index < -0.39 is 0 Å². The third-order valence-electron chi connectivity index (χ3n) is 3.27. The molecule has 94 valence electrons. The number of nitrogens with one attached hydrogen (secondary N) is 1. The molecule has 0 radical (unpaired) electrons. The van der Waals surface area contributed by atoms with Gasteiger partial charge in [0.2, 0.25) is 5.82 Å². The predicted molar refractivity (Wildman–Crippen MR) is 65.2 cm³/mol. The number of hydrogen-bond donors (Lipinski definition) is 1. The van der Waals surface area contributed by atoms with E-state index in [1.165, 1.54) is 12.8 Å². The molecular formula is C11H18N4O2. The SMILES string of the molecule is CCn1nc(C)c([N+](=O)[O-])c1NC1CCCC1. The molecule has 17 heavy (non-hydrogen) atoms. The molecule has 0 spiro atoms. The van der Waals surface area contributed by atoms with Gasteiger partial charge in [0, 0.05) is 12.6 Å². The largest absolute Gasteiger partial charge is 0.362 e. The molecule has 1 heterocycles. The Labute approximate surface area is 100 Å². The summed E-state index contributed by atoms with van der Waals surface area (Å²) in [5.41, 5.74) is 0.607. The van der Waals surface area contributed by atoms with Crippen LogP contribution in [-0.2, 0) is 6.54 Å². The molecule has 1 aliphatic carbocycles. The van der Waals surface area contributed by atoms with Gasteiger partial charge in [-0.05, 0) is 26.7 Å². The van der Waals surface area contributed by atoms with E-state index in [2.05, 4.69) is 10.4 Å². The van der Waals surface area contributed by atoms with Gasteiger partial charge in [-0.15, -0.1) is 0 Å². The lowest BCUT2D eigenvalue weighted by Gasteiger charge is -2.13. The molecule has 1 aromatic heterocycles. The Balaban J connectivity index is 2.31. The molecule has 1 aromatic rings. The first-order valence-corrected chi connectivity index (χ1v) is 6.11. The van der Waals surface area contributed by atoms with Crippen LogP contribution in [0.3, 0.4) is 0 Å². The molecule has 6 nitrogen and oxygen atoms in total. The molecule has 0 saturated heterocycles. The molecule has 1 fully saturated rings. The van der Waals surface area contributed by atoms with E-state index in [0.29, 0.717) is 24.1 Å². The van der Waals surface area contributed by atoms with Crippen molar-refractivity contribution in [1.82, 2.24) is 9.78 Å². The van der Waals surface area contributed by atoms with Gasteiger partial charge in [-0.3, -0.25) is 10.1 Å². The molecule has 0 aromatic carbocycles. The van der Waals surface area contributed by atoms with Crippen LogP contribution in [-0.4, -0.2) is 20.7 Å². The number of hydrogen-bond acceptors (Lipinski definition) is 4. The van der Waals surface area contributed by atoms with Crippen molar-refractivity contribution in [2.75, 3.05) is 5.32 Å². The van der Waals surface area contributed by atoms with Crippen molar-refractivity contribution in [3.63, 3.8) is 0 Å². The van der Waals surface area contributed by atoms with Gasteiger partial charge in [-0.1, -0.05) is 12.8 Å². The minimum absolute atomic E-state index is 0.124. The number of rotatable bonds is 4. The minimum atomic E-state index is -0.341. The second kappa shape index (κ2) is 4.73. The van der Waals surface area contributed by atoms with Gasteiger partial charge in [-0.2, -0.15) is 5.10 Å². The molecule has 0 bridgehead atoms. The van der Waals surface area contributed by atoms with Crippen molar-refractivity contribution in [3.8, 4) is 0 Å². The van der Waals surface area contributed by atoms with E-state index in [1.54, 1.807) is 11.6 Å². The van der Waals surface area contributed by atoms with Crippen LogP contribution in [0, 0.1) is 17.0 Å². The van der Waals surface area contributed by atoms with Crippen molar-refractivity contribution in [2.24, 2.45) is 0 Å². The quantitative estimate of drug-likeness (QED) is 0.646. The van der Waals surface area contributed by atoms with Gasteiger partial charge in [-0.25, -0.2) is 4.68 Å². The normalized spacial score (nSPS) is 16.4. The van der Waals surface area contributed by atoms with Gasteiger partial charge in [0.15, 0.2) is 0 Å². The van der Waals surface area contributed by atoms with Crippen LogP contribution >= 0.6 is 0 Å². The summed E-state index contributed by atoms with van der Waals surface area (Å²) in [6.45, 7) is 4.27. The maximum Gasteiger partial charge on any atom is 0.333 e. The molecule has 1 saturated carbocycles. The third-order valence-corrected chi connectivity index (χ3v) is 3.27. The third kappa shape index (κ3) is 2.25. The molecule has 0 unspecified atom stereocenters. The second-order valence-corrected chi connectivity index (χ2v) is 4.48. The average Bonchev–Trinajstić information content (AvgIpc) is 2.86. The lowest BCUT2D eigenvalue weighted by molar-refractivity contribution is -0.384. The van der Waals surface area contributed by atoms with Crippen LogP contribution in [0.15, 0.2) is 0 Å².